The number of hydrogen-bond donors (Lipinski definition) is 1. The minimum absolute atomic E-state index is 0.143. The van der Waals surface area contributed by atoms with E-state index >= 15 is 0 Å². The third-order valence-electron chi connectivity index (χ3n) is 4.57. The fourth-order valence-corrected chi connectivity index (χ4v) is 3.21. The first-order chi connectivity index (χ1) is 13.9. The lowest BCUT2D eigenvalue weighted by Crippen LogP contribution is -2.41. The Morgan fingerprint density at radius 2 is 1.83 bits per heavy atom. The third-order valence-corrected chi connectivity index (χ3v) is 4.57. The van der Waals surface area contributed by atoms with Gasteiger partial charge in [-0.25, -0.2) is 4.79 Å². The number of esters is 1. The molecule has 152 valence electrons. The molecular weight excluding hydrogens is 376 g/mol. The Hall–Kier alpha value is -3.55. The van der Waals surface area contributed by atoms with Crippen molar-refractivity contribution >= 4 is 29.2 Å². The fourth-order valence-electron chi connectivity index (χ4n) is 3.21. The average Bonchev–Trinajstić information content (AvgIpc) is 2.85. The molecule has 0 fully saturated rings. The molecule has 2 amide bonds. The minimum atomic E-state index is -0.663. The van der Waals surface area contributed by atoms with Crippen molar-refractivity contribution in [3.8, 4) is 11.5 Å². The van der Waals surface area contributed by atoms with Gasteiger partial charge in [0.15, 0.2) is 18.1 Å². The molecule has 0 spiro atoms. The van der Waals surface area contributed by atoms with Crippen LogP contribution in [-0.2, 0) is 14.3 Å². The molecule has 1 aliphatic rings. The largest absolute Gasteiger partial charge is 0.493 e. The SMILES string of the molecule is COc1ccc(C(=O)OCC(=O)N2c3ccccc3NC(=O)C[C@@H]2C)cc1OC. The Labute approximate surface area is 168 Å². The van der Waals surface area contributed by atoms with Crippen molar-refractivity contribution in [3.05, 3.63) is 48.0 Å². The van der Waals surface area contributed by atoms with Crippen LogP contribution >= 0.6 is 0 Å². The summed E-state index contributed by atoms with van der Waals surface area (Å²) in [4.78, 5) is 38.8. The van der Waals surface area contributed by atoms with Crippen LogP contribution in [0.4, 0.5) is 11.4 Å². The van der Waals surface area contributed by atoms with E-state index in [2.05, 4.69) is 5.32 Å². The minimum Gasteiger partial charge on any atom is -0.493 e. The van der Waals surface area contributed by atoms with Crippen molar-refractivity contribution in [2.75, 3.05) is 31.0 Å². The zero-order valence-corrected chi connectivity index (χ0v) is 16.4. The Bertz CT molecular complexity index is 943. The quantitative estimate of drug-likeness (QED) is 0.778. The van der Waals surface area contributed by atoms with Crippen LogP contribution in [0.25, 0.3) is 0 Å². The molecule has 0 aromatic heterocycles. The first-order valence-electron chi connectivity index (χ1n) is 9.04. The molecule has 0 bridgehead atoms. The maximum absolute atomic E-state index is 12.9. The summed E-state index contributed by atoms with van der Waals surface area (Å²) in [6.45, 7) is 1.32. The number of benzene rings is 2. The summed E-state index contributed by atoms with van der Waals surface area (Å²) in [7, 11) is 2.96. The van der Waals surface area contributed by atoms with Gasteiger partial charge in [-0.3, -0.25) is 9.59 Å². The number of rotatable bonds is 5. The smallest absolute Gasteiger partial charge is 0.338 e. The zero-order chi connectivity index (χ0) is 21.0. The number of carbonyl (C=O) groups excluding carboxylic acids is 3. The average molecular weight is 398 g/mol. The molecule has 0 unspecified atom stereocenters. The first kappa shape index (κ1) is 20.2. The number of nitrogens with one attached hydrogen (secondary N) is 1. The number of fused-ring (bicyclic) bond motifs is 1. The Morgan fingerprint density at radius 3 is 2.55 bits per heavy atom. The van der Waals surface area contributed by atoms with Crippen molar-refractivity contribution < 1.29 is 28.6 Å². The molecule has 0 saturated carbocycles. The summed E-state index contributed by atoms with van der Waals surface area (Å²) in [5.74, 6) is -0.401. The van der Waals surface area contributed by atoms with Crippen molar-refractivity contribution in [2.45, 2.75) is 19.4 Å². The van der Waals surface area contributed by atoms with Crippen molar-refractivity contribution in [3.63, 3.8) is 0 Å². The molecular formula is C21H22N2O6. The van der Waals surface area contributed by atoms with E-state index in [0.29, 0.717) is 22.9 Å². The van der Waals surface area contributed by atoms with E-state index in [1.165, 1.54) is 31.3 Å². The summed E-state index contributed by atoms with van der Waals surface area (Å²) >= 11 is 0. The van der Waals surface area contributed by atoms with Crippen LogP contribution < -0.4 is 19.7 Å². The van der Waals surface area contributed by atoms with Crippen LogP contribution in [0, 0.1) is 0 Å². The van der Waals surface area contributed by atoms with Crippen molar-refractivity contribution in [2.24, 2.45) is 0 Å². The zero-order valence-electron chi connectivity index (χ0n) is 16.4. The van der Waals surface area contributed by atoms with E-state index < -0.39 is 18.5 Å². The van der Waals surface area contributed by atoms with E-state index in [9.17, 15) is 14.4 Å². The second-order valence-electron chi connectivity index (χ2n) is 6.53. The second-order valence-corrected chi connectivity index (χ2v) is 6.53. The highest BCUT2D eigenvalue weighted by Crippen LogP contribution is 2.31. The van der Waals surface area contributed by atoms with Gasteiger partial charge in [0.1, 0.15) is 0 Å². The highest BCUT2D eigenvalue weighted by atomic mass is 16.5. The number of amides is 2. The van der Waals surface area contributed by atoms with Crippen LogP contribution in [0.3, 0.4) is 0 Å². The van der Waals surface area contributed by atoms with Gasteiger partial charge < -0.3 is 24.4 Å². The highest BCUT2D eigenvalue weighted by Gasteiger charge is 2.30. The van der Waals surface area contributed by atoms with Gasteiger partial charge in [-0.05, 0) is 37.3 Å². The van der Waals surface area contributed by atoms with Crippen LogP contribution in [-0.4, -0.2) is 44.7 Å². The van der Waals surface area contributed by atoms with Crippen LogP contribution in [0.15, 0.2) is 42.5 Å². The Kier molecular flexibility index (Phi) is 6.01. The van der Waals surface area contributed by atoms with Gasteiger partial charge in [0, 0.05) is 12.5 Å². The van der Waals surface area contributed by atoms with Crippen molar-refractivity contribution in [1.29, 1.82) is 0 Å². The molecule has 1 heterocycles. The molecule has 1 N–H and O–H groups in total. The highest BCUT2D eigenvalue weighted by molar-refractivity contribution is 6.05. The molecule has 2 aromatic rings. The molecule has 0 radical (unpaired) electrons. The van der Waals surface area contributed by atoms with Crippen molar-refractivity contribution in [1.82, 2.24) is 0 Å². The predicted molar refractivity (Wildman–Crippen MR) is 106 cm³/mol. The number of ether oxygens (including phenoxy) is 3. The number of methoxy groups -OCH3 is 2. The molecule has 1 aliphatic heterocycles. The van der Waals surface area contributed by atoms with Gasteiger partial charge in [-0.15, -0.1) is 0 Å². The van der Waals surface area contributed by atoms with Crippen LogP contribution in [0.1, 0.15) is 23.7 Å². The predicted octanol–water partition coefficient (Wildman–Crippen LogP) is 2.62. The topological polar surface area (TPSA) is 94.2 Å². The lowest BCUT2D eigenvalue weighted by molar-refractivity contribution is -0.122. The van der Waals surface area contributed by atoms with Gasteiger partial charge in [-0.2, -0.15) is 0 Å². The standard InChI is InChI=1S/C21H22N2O6/c1-13-10-19(24)22-15-6-4-5-7-16(15)23(13)20(25)12-29-21(26)14-8-9-17(27-2)18(11-14)28-3/h4-9,11,13H,10,12H2,1-3H3,(H,22,24)/t13-/m0/s1. The molecule has 8 heteroatoms. The monoisotopic (exact) mass is 398 g/mol. The summed E-state index contributed by atoms with van der Waals surface area (Å²) in [6, 6.07) is 11.2. The molecule has 2 aromatic carbocycles. The summed E-state index contributed by atoms with van der Waals surface area (Å²) in [5.41, 5.74) is 1.34. The third kappa shape index (κ3) is 4.31. The molecule has 3 rings (SSSR count). The second kappa shape index (κ2) is 8.64. The number of carbonyl (C=O) groups is 3. The number of para-hydroxylation sites is 2. The maximum Gasteiger partial charge on any atom is 0.338 e. The van der Waals surface area contributed by atoms with E-state index in [1.807, 2.05) is 0 Å². The Morgan fingerprint density at radius 1 is 1.10 bits per heavy atom. The number of nitrogens with zero attached hydrogens (tertiary/aromatic N) is 1. The maximum atomic E-state index is 12.9. The van der Waals surface area contributed by atoms with E-state index in [0.717, 1.165) is 0 Å². The number of anilines is 2. The summed E-state index contributed by atoms with van der Waals surface area (Å²) in [5, 5.41) is 2.79. The molecule has 0 saturated heterocycles. The van der Waals surface area contributed by atoms with Gasteiger partial charge >= 0.3 is 5.97 Å². The number of hydrogen-bond acceptors (Lipinski definition) is 6. The normalized spacial score (nSPS) is 15.6. The molecule has 1 atom stereocenters. The Balaban J connectivity index is 1.75. The van der Waals surface area contributed by atoms with E-state index in [1.54, 1.807) is 37.3 Å². The van der Waals surface area contributed by atoms with E-state index in [4.69, 9.17) is 14.2 Å². The fraction of sp³-hybridized carbons (Fsp3) is 0.286. The molecule has 29 heavy (non-hydrogen) atoms. The molecule has 0 aliphatic carbocycles. The van der Waals surface area contributed by atoms with Crippen LogP contribution in [0.2, 0.25) is 0 Å². The van der Waals surface area contributed by atoms with Gasteiger partial charge in [0.05, 0.1) is 31.2 Å². The van der Waals surface area contributed by atoms with Gasteiger partial charge in [-0.1, -0.05) is 12.1 Å². The lowest BCUT2D eigenvalue weighted by atomic mass is 10.1. The van der Waals surface area contributed by atoms with Crippen LogP contribution in [0.5, 0.6) is 11.5 Å². The first-order valence-corrected chi connectivity index (χ1v) is 9.04. The summed E-state index contributed by atoms with van der Waals surface area (Å²) < 4.78 is 15.5. The van der Waals surface area contributed by atoms with Gasteiger partial charge in [0.25, 0.3) is 5.91 Å². The lowest BCUT2D eigenvalue weighted by Gasteiger charge is -2.27. The van der Waals surface area contributed by atoms with Gasteiger partial charge in [0.2, 0.25) is 5.91 Å². The van der Waals surface area contributed by atoms with E-state index in [-0.39, 0.29) is 23.9 Å². The molecule has 8 nitrogen and oxygen atoms in total. The summed E-state index contributed by atoms with van der Waals surface area (Å²) in [6.07, 6.45) is 0.143.